The first-order chi connectivity index (χ1) is 12.8. The standard InChI is InChI=1S/C22H24F4O/c1-13-2-3-15-9-16(5-4-14(15)8-13)17-6-7-20-18(10-17)11-19(23)12-21(20)27-22(24,25)26/h6-7,10-16H,2-5,8-9H2,1H3. The number of halogens is 4. The van der Waals surface area contributed by atoms with Crippen LogP contribution in [0.3, 0.4) is 0 Å². The van der Waals surface area contributed by atoms with Gasteiger partial charge >= 0.3 is 6.36 Å². The monoisotopic (exact) mass is 380 g/mol. The van der Waals surface area contributed by atoms with Crippen molar-refractivity contribution in [2.45, 2.75) is 57.7 Å². The Hall–Kier alpha value is -1.78. The van der Waals surface area contributed by atoms with E-state index in [9.17, 15) is 17.6 Å². The summed E-state index contributed by atoms with van der Waals surface area (Å²) in [4.78, 5) is 0. The number of hydrogen-bond donors (Lipinski definition) is 0. The molecule has 4 unspecified atom stereocenters. The van der Waals surface area contributed by atoms with Gasteiger partial charge in [0, 0.05) is 11.5 Å². The number of fused-ring (bicyclic) bond motifs is 2. The number of ether oxygens (including phenoxy) is 1. The van der Waals surface area contributed by atoms with E-state index in [1.54, 1.807) is 6.07 Å². The molecule has 0 bridgehead atoms. The first-order valence-corrected chi connectivity index (χ1v) is 9.77. The third kappa shape index (κ3) is 4.07. The van der Waals surface area contributed by atoms with Crippen LogP contribution in [-0.4, -0.2) is 6.36 Å². The molecule has 4 atom stereocenters. The van der Waals surface area contributed by atoms with E-state index < -0.39 is 17.9 Å². The Bertz CT molecular complexity index is 829. The molecule has 2 aliphatic rings. The molecule has 0 aromatic heterocycles. The Morgan fingerprint density at radius 3 is 2.44 bits per heavy atom. The molecule has 2 fully saturated rings. The lowest BCUT2D eigenvalue weighted by Crippen LogP contribution is -2.29. The minimum absolute atomic E-state index is 0.289. The molecule has 0 N–H and O–H groups in total. The Kier molecular flexibility index (Phi) is 4.81. The molecule has 146 valence electrons. The van der Waals surface area contributed by atoms with Crippen molar-refractivity contribution in [2.75, 3.05) is 0 Å². The molecule has 2 aliphatic carbocycles. The van der Waals surface area contributed by atoms with Crippen molar-refractivity contribution in [1.82, 2.24) is 0 Å². The molecule has 2 aromatic carbocycles. The Morgan fingerprint density at radius 2 is 1.67 bits per heavy atom. The molecule has 0 heterocycles. The molecule has 2 saturated carbocycles. The van der Waals surface area contributed by atoms with Crippen LogP contribution in [0.1, 0.15) is 56.9 Å². The lowest BCUT2D eigenvalue weighted by Gasteiger charge is -2.41. The van der Waals surface area contributed by atoms with E-state index in [2.05, 4.69) is 11.7 Å². The summed E-state index contributed by atoms with van der Waals surface area (Å²) in [6.07, 6.45) is 2.48. The lowest BCUT2D eigenvalue weighted by atomic mass is 9.64. The van der Waals surface area contributed by atoms with Gasteiger partial charge in [0.25, 0.3) is 0 Å². The van der Waals surface area contributed by atoms with Gasteiger partial charge in [-0.3, -0.25) is 0 Å². The fourth-order valence-electron chi connectivity index (χ4n) is 5.21. The smallest absolute Gasteiger partial charge is 0.405 e. The second kappa shape index (κ2) is 6.99. The number of hydrogen-bond acceptors (Lipinski definition) is 1. The zero-order valence-electron chi connectivity index (χ0n) is 15.4. The first-order valence-electron chi connectivity index (χ1n) is 9.77. The number of benzene rings is 2. The van der Waals surface area contributed by atoms with Crippen molar-refractivity contribution < 1.29 is 22.3 Å². The number of rotatable bonds is 2. The molecule has 1 nitrogen and oxygen atoms in total. The largest absolute Gasteiger partial charge is 0.573 e. The lowest BCUT2D eigenvalue weighted by molar-refractivity contribution is -0.274. The average Bonchev–Trinajstić information content (AvgIpc) is 2.59. The van der Waals surface area contributed by atoms with Gasteiger partial charge in [-0.05, 0) is 72.8 Å². The summed E-state index contributed by atoms with van der Waals surface area (Å²) in [5.41, 5.74) is 1.10. The average molecular weight is 380 g/mol. The molecule has 0 radical (unpaired) electrons. The van der Waals surface area contributed by atoms with Crippen LogP contribution in [0.15, 0.2) is 30.3 Å². The van der Waals surface area contributed by atoms with Gasteiger partial charge in [-0.2, -0.15) is 0 Å². The normalized spacial score (nSPS) is 28.8. The van der Waals surface area contributed by atoms with Crippen molar-refractivity contribution in [2.24, 2.45) is 17.8 Å². The summed E-state index contributed by atoms with van der Waals surface area (Å²) in [6.45, 7) is 2.33. The van der Waals surface area contributed by atoms with Crippen molar-refractivity contribution in [3.8, 4) is 5.75 Å². The summed E-state index contributed by atoms with van der Waals surface area (Å²) in [5, 5.41) is 0.754. The highest BCUT2D eigenvalue weighted by atomic mass is 19.4. The molecular weight excluding hydrogens is 356 g/mol. The highest BCUT2D eigenvalue weighted by molar-refractivity contribution is 5.89. The highest BCUT2D eigenvalue weighted by Gasteiger charge is 2.35. The molecule has 2 aromatic rings. The SMILES string of the molecule is CC1CCC2CC(c3ccc4c(OC(F)(F)F)cc(F)cc4c3)CCC2C1. The minimum Gasteiger partial charge on any atom is -0.405 e. The van der Waals surface area contributed by atoms with Gasteiger partial charge in [-0.25, -0.2) is 4.39 Å². The zero-order valence-corrected chi connectivity index (χ0v) is 15.4. The topological polar surface area (TPSA) is 9.23 Å². The molecule has 0 aliphatic heterocycles. The highest BCUT2D eigenvalue weighted by Crippen LogP contribution is 2.48. The van der Waals surface area contributed by atoms with Gasteiger partial charge in [-0.1, -0.05) is 31.5 Å². The summed E-state index contributed by atoms with van der Waals surface area (Å²) in [6, 6.07) is 7.46. The fourth-order valence-corrected chi connectivity index (χ4v) is 5.21. The maximum absolute atomic E-state index is 13.9. The van der Waals surface area contributed by atoms with Gasteiger partial charge in [0.05, 0.1) is 0 Å². The Morgan fingerprint density at radius 1 is 0.926 bits per heavy atom. The van der Waals surface area contributed by atoms with Gasteiger partial charge in [0.1, 0.15) is 11.6 Å². The molecule has 27 heavy (non-hydrogen) atoms. The zero-order chi connectivity index (χ0) is 19.2. The second-order valence-electron chi connectivity index (χ2n) is 8.38. The van der Waals surface area contributed by atoms with Crippen LogP contribution in [0.25, 0.3) is 10.8 Å². The van der Waals surface area contributed by atoms with E-state index in [4.69, 9.17) is 0 Å². The molecule has 5 heteroatoms. The van der Waals surface area contributed by atoms with E-state index in [-0.39, 0.29) is 5.39 Å². The van der Waals surface area contributed by atoms with Crippen molar-refractivity contribution in [1.29, 1.82) is 0 Å². The minimum atomic E-state index is -4.84. The molecular formula is C22H24F4O. The predicted octanol–water partition coefficient (Wildman–Crippen LogP) is 7.20. The van der Waals surface area contributed by atoms with Crippen molar-refractivity contribution >= 4 is 10.8 Å². The van der Waals surface area contributed by atoms with E-state index in [1.807, 2.05) is 12.1 Å². The third-order valence-corrected chi connectivity index (χ3v) is 6.48. The first kappa shape index (κ1) is 18.6. The van der Waals surface area contributed by atoms with Crippen LogP contribution in [0.2, 0.25) is 0 Å². The summed E-state index contributed by atoms with van der Waals surface area (Å²) >= 11 is 0. The van der Waals surface area contributed by atoms with Gasteiger partial charge in [0.15, 0.2) is 0 Å². The van der Waals surface area contributed by atoms with Gasteiger partial charge < -0.3 is 4.74 Å². The fraction of sp³-hybridized carbons (Fsp3) is 0.545. The van der Waals surface area contributed by atoms with Crippen molar-refractivity contribution in [3.05, 3.63) is 41.7 Å². The predicted molar refractivity (Wildman–Crippen MR) is 97.2 cm³/mol. The van der Waals surface area contributed by atoms with Crippen LogP contribution in [0.5, 0.6) is 5.75 Å². The van der Waals surface area contributed by atoms with Gasteiger partial charge in [-0.15, -0.1) is 13.2 Å². The Labute approximate surface area is 156 Å². The van der Waals surface area contributed by atoms with Crippen LogP contribution in [0.4, 0.5) is 17.6 Å². The van der Waals surface area contributed by atoms with Crippen LogP contribution in [-0.2, 0) is 0 Å². The Balaban J connectivity index is 1.60. The summed E-state index contributed by atoms with van der Waals surface area (Å²) in [7, 11) is 0. The summed E-state index contributed by atoms with van der Waals surface area (Å²) in [5.74, 6) is 1.58. The van der Waals surface area contributed by atoms with E-state index in [0.717, 1.165) is 42.2 Å². The third-order valence-electron chi connectivity index (χ3n) is 6.48. The molecule has 0 amide bonds. The summed E-state index contributed by atoms with van der Waals surface area (Å²) < 4.78 is 55.7. The van der Waals surface area contributed by atoms with E-state index in [0.29, 0.717) is 11.3 Å². The van der Waals surface area contributed by atoms with Gasteiger partial charge in [0.2, 0.25) is 0 Å². The van der Waals surface area contributed by atoms with E-state index in [1.165, 1.54) is 31.7 Å². The van der Waals surface area contributed by atoms with Crippen LogP contribution < -0.4 is 4.74 Å². The quantitative estimate of drug-likeness (QED) is 0.501. The number of alkyl halides is 3. The van der Waals surface area contributed by atoms with E-state index >= 15 is 0 Å². The van der Waals surface area contributed by atoms with Crippen molar-refractivity contribution in [3.63, 3.8) is 0 Å². The second-order valence-corrected chi connectivity index (χ2v) is 8.38. The maximum atomic E-state index is 13.9. The van der Waals surface area contributed by atoms with Crippen LogP contribution >= 0.6 is 0 Å². The molecule has 0 spiro atoms. The maximum Gasteiger partial charge on any atom is 0.573 e. The molecule has 0 saturated heterocycles. The molecule has 4 rings (SSSR count). The van der Waals surface area contributed by atoms with Crippen LogP contribution in [0, 0.1) is 23.6 Å².